The Hall–Kier alpha value is -0.810. The van der Waals surface area contributed by atoms with Gasteiger partial charge in [0.05, 0.1) is 10.6 Å². The van der Waals surface area contributed by atoms with E-state index >= 15 is 0 Å². The lowest BCUT2D eigenvalue weighted by atomic mass is 10.1. The van der Waals surface area contributed by atoms with Crippen molar-refractivity contribution in [3.05, 3.63) is 35.3 Å². The summed E-state index contributed by atoms with van der Waals surface area (Å²) in [5.74, 6) is 0. The molecule has 70 valence electrons. The molecule has 0 saturated heterocycles. The van der Waals surface area contributed by atoms with Crippen molar-refractivity contribution in [2.75, 3.05) is 6.26 Å². The summed E-state index contributed by atoms with van der Waals surface area (Å²) in [5, 5.41) is 0. The summed E-state index contributed by atoms with van der Waals surface area (Å²) in [6, 6.07) is 0. The van der Waals surface area contributed by atoms with Crippen molar-refractivity contribution in [3.63, 3.8) is 0 Å². The minimum absolute atomic E-state index is 0.233. The van der Waals surface area contributed by atoms with E-state index < -0.39 is 10.7 Å². The number of rotatable bonds is 2. The van der Waals surface area contributed by atoms with Crippen molar-refractivity contribution >= 4 is 28.4 Å². The van der Waals surface area contributed by atoms with E-state index in [2.05, 4.69) is 11.0 Å². The Morgan fingerprint density at radius 3 is 2.77 bits per heavy atom. The molecule has 0 heterocycles. The predicted molar refractivity (Wildman–Crippen MR) is 57.6 cm³/mol. The van der Waals surface area contributed by atoms with E-state index in [1.807, 2.05) is 0 Å². The van der Waals surface area contributed by atoms with E-state index in [0.717, 1.165) is 0 Å². The quantitative estimate of drug-likeness (QED) is 0.558. The van der Waals surface area contributed by atoms with Gasteiger partial charge in [-0.15, -0.1) is 0 Å². The van der Waals surface area contributed by atoms with Gasteiger partial charge in [0.15, 0.2) is 10.7 Å². The Kier molecular flexibility index (Phi) is 3.50. The van der Waals surface area contributed by atoms with Crippen molar-refractivity contribution < 1.29 is 8.42 Å². The zero-order valence-corrected chi connectivity index (χ0v) is 8.77. The molecule has 0 fully saturated rings. The van der Waals surface area contributed by atoms with Gasteiger partial charge in [0, 0.05) is 6.26 Å². The van der Waals surface area contributed by atoms with Gasteiger partial charge in [0.25, 0.3) is 0 Å². The van der Waals surface area contributed by atoms with Gasteiger partial charge >= 0.3 is 0 Å². The second-order valence-electron chi connectivity index (χ2n) is 2.32. The molecule has 0 spiro atoms. The van der Waals surface area contributed by atoms with Gasteiger partial charge in [-0.25, -0.2) is 12.8 Å². The fourth-order valence-corrected chi connectivity index (χ4v) is 1.96. The number of hydrogen-bond acceptors (Lipinski definition) is 4. The minimum Gasteiger partial charge on any atom is -0.227 e. The van der Waals surface area contributed by atoms with Crippen LogP contribution in [0.4, 0.5) is 0 Å². The fourth-order valence-electron chi connectivity index (χ4n) is 0.922. The van der Waals surface area contributed by atoms with Crippen LogP contribution in [-0.4, -0.2) is 20.4 Å². The molecule has 0 saturated carbocycles. The zero-order chi connectivity index (χ0) is 9.84. The van der Waals surface area contributed by atoms with Gasteiger partial charge in [0.2, 0.25) is 0 Å². The first-order valence-corrected chi connectivity index (χ1v) is 5.86. The van der Waals surface area contributed by atoms with Crippen LogP contribution in [0, 0.1) is 0 Å². The molecule has 0 aliphatic heterocycles. The Bertz CT molecular complexity index is 381. The van der Waals surface area contributed by atoms with Gasteiger partial charge in [-0.05, 0) is 23.6 Å². The Balaban J connectivity index is 3.18. The summed E-state index contributed by atoms with van der Waals surface area (Å²) in [4.78, 5) is 0.233. The molecule has 3 nitrogen and oxygen atoms in total. The average molecular weight is 215 g/mol. The highest BCUT2D eigenvalue weighted by Gasteiger charge is 2.13. The largest absolute Gasteiger partial charge is 0.227 e. The van der Waals surface area contributed by atoms with Crippen LogP contribution in [0.5, 0.6) is 0 Å². The molecule has 0 bridgehead atoms. The molecule has 0 atom stereocenters. The SMILES string of the molecule is C=C1C=CC=C([SH](=O)=O)/C1=N/SC. The first-order valence-electron chi connectivity index (χ1n) is 3.50. The normalized spacial score (nSPS) is 19.7. The molecule has 0 N–H and O–H groups in total. The summed E-state index contributed by atoms with van der Waals surface area (Å²) < 4.78 is 25.6. The summed E-state index contributed by atoms with van der Waals surface area (Å²) in [7, 11) is -2.59. The number of nitrogens with zero attached hydrogens (tertiary/aromatic N) is 1. The van der Waals surface area contributed by atoms with Crippen LogP contribution in [0.1, 0.15) is 0 Å². The highest BCUT2D eigenvalue weighted by Crippen LogP contribution is 2.17. The lowest BCUT2D eigenvalue weighted by molar-refractivity contribution is 0.621. The van der Waals surface area contributed by atoms with Crippen LogP contribution in [0.2, 0.25) is 0 Å². The summed E-state index contributed by atoms with van der Waals surface area (Å²) in [6.07, 6.45) is 6.68. The van der Waals surface area contributed by atoms with Crippen molar-refractivity contribution in [1.29, 1.82) is 0 Å². The van der Waals surface area contributed by atoms with Crippen molar-refractivity contribution in [3.8, 4) is 0 Å². The fraction of sp³-hybridized carbons (Fsp3) is 0.125. The molecule has 5 heteroatoms. The zero-order valence-electron chi connectivity index (χ0n) is 7.06. The Morgan fingerprint density at radius 2 is 2.23 bits per heavy atom. The van der Waals surface area contributed by atoms with Crippen LogP contribution >= 0.6 is 11.9 Å². The molecule has 13 heavy (non-hydrogen) atoms. The molecule has 1 aliphatic carbocycles. The second-order valence-corrected chi connectivity index (χ2v) is 3.86. The molecule has 1 rings (SSSR count). The minimum atomic E-state index is -2.59. The van der Waals surface area contributed by atoms with Crippen molar-refractivity contribution in [2.45, 2.75) is 0 Å². The van der Waals surface area contributed by atoms with Crippen LogP contribution in [-0.2, 0) is 10.7 Å². The van der Waals surface area contributed by atoms with Gasteiger partial charge in [-0.1, -0.05) is 18.7 Å². The van der Waals surface area contributed by atoms with Crippen LogP contribution in [0.3, 0.4) is 0 Å². The molecular formula is C8H9NO2S2. The Labute approximate surface area is 83.0 Å². The summed E-state index contributed by atoms with van der Waals surface area (Å²) >= 11 is 1.22. The third-order valence-corrected chi connectivity index (χ3v) is 2.60. The third-order valence-electron chi connectivity index (χ3n) is 1.48. The number of hydrogen-bond donors (Lipinski definition) is 1. The number of thiol groups is 1. The number of allylic oxidation sites excluding steroid dienone is 5. The molecule has 0 unspecified atom stereocenters. The van der Waals surface area contributed by atoms with E-state index in [-0.39, 0.29) is 4.91 Å². The van der Waals surface area contributed by atoms with Crippen molar-refractivity contribution in [2.24, 2.45) is 4.40 Å². The molecule has 0 aromatic rings. The van der Waals surface area contributed by atoms with Gasteiger partial charge < -0.3 is 0 Å². The molecule has 0 aromatic carbocycles. The summed E-state index contributed by atoms with van der Waals surface area (Å²) in [5.41, 5.74) is 1.08. The van der Waals surface area contributed by atoms with E-state index in [0.29, 0.717) is 11.3 Å². The lowest BCUT2D eigenvalue weighted by Crippen LogP contribution is -2.08. The van der Waals surface area contributed by atoms with Crippen LogP contribution < -0.4 is 0 Å². The lowest BCUT2D eigenvalue weighted by Gasteiger charge is -2.07. The van der Waals surface area contributed by atoms with E-state index in [9.17, 15) is 8.42 Å². The summed E-state index contributed by atoms with van der Waals surface area (Å²) in [6.45, 7) is 3.71. The Morgan fingerprint density at radius 1 is 1.54 bits per heavy atom. The van der Waals surface area contributed by atoms with Gasteiger partial charge in [0.1, 0.15) is 0 Å². The maximum atomic E-state index is 10.8. The highest BCUT2D eigenvalue weighted by molar-refractivity contribution is 7.97. The average Bonchev–Trinajstić information content (AvgIpc) is 2.08. The second kappa shape index (κ2) is 4.43. The van der Waals surface area contributed by atoms with Crippen LogP contribution in [0.25, 0.3) is 0 Å². The standard InChI is InChI=1S/C8H9NO2S2/c1-6-4-3-5-7(13(10)11)8(6)9-12-2/h3-5,13H,1H2,2H3/b9-8+. The molecule has 0 amide bonds. The first kappa shape index (κ1) is 10.3. The van der Waals surface area contributed by atoms with E-state index in [4.69, 9.17) is 0 Å². The van der Waals surface area contributed by atoms with Gasteiger partial charge in [-0.2, -0.15) is 0 Å². The topological polar surface area (TPSA) is 46.5 Å². The maximum absolute atomic E-state index is 10.8. The first-order chi connectivity index (χ1) is 6.16. The molecule has 1 aliphatic rings. The predicted octanol–water partition coefficient (Wildman–Crippen LogP) is 1.33. The maximum Gasteiger partial charge on any atom is 0.170 e. The molecule has 0 radical (unpaired) electrons. The van der Waals surface area contributed by atoms with E-state index in [1.54, 1.807) is 18.4 Å². The van der Waals surface area contributed by atoms with Crippen molar-refractivity contribution in [1.82, 2.24) is 0 Å². The van der Waals surface area contributed by atoms with Crippen LogP contribution in [0.15, 0.2) is 39.7 Å². The van der Waals surface area contributed by atoms with E-state index in [1.165, 1.54) is 18.0 Å². The van der Waals surface area contributed by atoms with Gasteiger partial charge in [-0.3, -0.25) is 0 Å². The highest BCUT2D eigenvalue weighted by atomic mass is 32.2. The smallest absolute Gasteiger partial charge is 0.170 e. The monoisotopic (exact) mass is 215 g/mol. The molecule has 0 aromatic heterocycles. The third kappa shape index (κ3) is 2.32. The molecular weight excluding hydrogens is 206 g/mol.